The third-order valence-corrected chi connectivity index (χ3v) is 5.94. The summed E-state index contributed by atoms with van der Waals surface area (Å²) < 4.78 is 1.85. The van der Waals surface area contributed by atoms with Crippen molar-refractivity contribution in [3.63, 3.8) is 0 Å². The minimum atomic E-state index is -0.287. The average molecular weight is 463 g/mol. The van der Waals surface area contributed by atoms with Gasteiger partial charge in [-0.2, -0.15) is 0 Å². The minimum Gasteiger partial charge on any atom is -0.345 e. The molecule has 0 radical (unpaired) electrons. The maximum absolute atomic E-state index is 12.5. The molecule has 6 nitrogen and oxygen atoms in total. The number of rotatable bonds is 7. The van der Waals surface area contributed by atoms with Crippen LogP contribution in [0.15, 0.2) is 60.0 Å². The molecule has 0 saturated carbocycles. The van der Waals surface area contributed by atoms with E-state index in [1.165, 1.54) is 11.8 Å². The quantitative estimate of drug-likeness (QED) is 0.487. The van der Waals surface area contributed by atoms with Gasteiger partial charge in [0, 0.05) is 40.7 Å². The van der Waals surface area contributed by atoms with Crippen LogP contribution in [-0.4, -0.2) is 27.1 Å². The second-order valence-corrected chi connectivity index (χ2v) is 8.38. The van der Waals surface area contributed by atoms with Crippen molar-refractivity contribution in [2.75, 3.05) is 11.1 Å². The van der Waals surface area contributed by atoms with Crippen molar-refractivity contribution in [1.29, 1.82) is 0 Å². The summed E-state index contributed by atoms with van der Waals surface area (Å²) in [6.07, 6.45) is 3.51. The lowest BCUT2D eigenvalue weighted by Gasteiger charge is -2.16. The van der Waals surface area contributed by atoms with Crippen LogP contribution in [-0.2, 0) is 11.8 Å². The number of carbonyl (C=O) groups is 2. The van der Waals surface area contributed by atoms with Crippen LogP contribution in [0.3, 0.4) is 0 Å². The van der Waals surface area contributed by atoms with Gasteiger partial charge in [-0.3, -0.25) is 9.59 Å². The largest absolute Gasteiger partial charge is 0.345 e. The van der Waals surface area contributed by atoms with E-state index in [1.54, 1.807) is 48.7 Å². The number of nitrogens with one attached hydrogen (secondary N) is 2. The Morgan fingerprint density at radius 2 is 1.90 bits per heavy atom. The topological polar surface area (TPSA) is 76.0 Å². The third kappa shape index (κ3) is 5.78. The zero-order valence-corrected chi connectivity index (χ0v) is 18.7. The number of amides is 2. The molecule has 3 rings (SSSR count). The van der Waals surface area contributed by atoms with Crippen LogP contribution >= 0.6 is 35.0 Å². The number of carbonyl (C=O) groups excluding carboxylic acids is 2. The van der Waals surface area contributed by atoms with Crippen molar-refractivity contribution >= 4 is 52.5 Å². The van der Waals surface area contributed by atoms with Gasteiger partial charge in [0.15, 0.2) is 5.16 Å². The van der Waals surface area contributed by atoms with Crippen LogP contribution in [0.25, 0.3) is 0 Å². The summed E-state index contributed by atoms with van der Waals surface area (Å²) in [5.74, 6) is -0.144. The van der Waals surface area contributed by atoms with Crippen LogP contribution in [0.5, 0.6) is 0 Å². The summed E-state index contributed by atoms with van der Waals surface area (Å²) in [6.45, 7) is 1.85. The predicted octanol–water partition coefficient (Wildman–Crippen LogP) is 4.95. The van der Waals surface area contributed by atoms with Crippen LogP contribution in [0.1, 0.15) is 28.9 Å². The molecular weight excluding hydrogens is 443 g/mol. The molecule has 0 spiro atoms. The van der Waals surface area contributed by atoms with Crippen molar-refractivity contribution < 1.29 is 9.59 Å². The van der Waals surface area contributed by atoms with Crippen molar-refractivity contribution in [3.8, 4) is 0 Å². The molecule has 0 bridgehead atoms. The molecule has 1 heterocycles. The van der Waals surface area contributed by atoms with E-state index in [4.69, 9.17) is 23.2 Å². The van der Waals surface area contributed by atoms with Gasteiger partial charge in [0.05, 0.1) is 11.8 Å². The Kier molecular flexibility index (Phi) is 7.42. The molecule has 0 saturated heterocycles. The Morgan fingerprint density at radius 3 is 2.53 bits per heavy atom. The maximum atomic E-state index is 12.5. The molecule has 0 aliphatic rings. The molecule has 156 valence electrons. The molecule has 0 fully saturated rings. The lowest BCUT2D eigenvalue weighted by atomic mass is 10.1. The van der Waals surface area contributed by atoms with E-state index in [0.29, 0.717) is 21.3 Å². The Hall–Kier alpha value is -2.48. The summed E-state index contributed by atoms with van der Waals surface area (Å²) >= 11 is 13.5. The number of aromatic nitrogens is 2. The van der Waals surface area contributed by atoms with Crippen molar-refractivity contribution in [3.05, 3.63) is 76.0 Å². The molecule has 30 heavy (non-hydrogen) atoms. The fourth-order valence-electron chi connectivity index (χ4n) is 2.73. The maximum Gasteiger partial charge on any atom is 0.251 e. The lowest BCUT2D eigenvalue weighted by molar-refractivity contribution is -0.113. The fraction of sp³-hybridized carbons (Fsp3) is 0.190. The second kappa shape index (κ2) is 10.0. The van der Waals surface area contributed by atoms with Crippen molar-refractivity contribution in [2.24, 2.45) is 7.05 Å². The van der Waals surface area contributed by atoms with Gasteiger partial charge < -0.3 is 15.2 Å². The first kappa shape index (κ1) is 22.2. The molecule has 2 aromatic carbocycles. The monoisotopic (exact) mass is 462 g/mol. The zero-order valence-electron chi connectivity index (χ0n) is 16.4. The highest BCUT2D eigenvalue weighted by Gasteiger charge is 2.14. The van der Waals surface area contributed by atoms with Gasteiger partial charge in [-0.05, 0) is 48.9 Å². The standard InChI is InChI=1S/C21H20Cl2N4O2S/c1-13(17-8-5-15(22)11-18(17)23)25-20(29)14-3-6-16(7-4-14)26-19(28)12-30-21-24-9-10-27(21)2/h3-11,13H,12H2,1-2H3,(H,25,29)(H,26,28). The van der Waals surface area contributed by atoms with Gasteiger partial charge >= 0.3 is 0 Å². The van der Waals surface area contributed by atoms with E-state index in [9.17, 15) is 9.59 Å². The number of imidazole rings is 1. The number of nitrogens with zero attached hydrogens (tertiary/aromatic N) is 2. The molecule has 0 aliphatic heterocycles. The van der Waals surface area contributed by atoms with Crippen LogP contribution in [0.4, 0.5) is 5.69 Å². The molecule has 3 aromatic rings. The molecule has 1 aromatic heterocycles. The van der Waals surface area contributed by atoms with E-state index in [1.807, 2.05) is 24.7 Å². The van der Waals surface area contributed by atoms with Gasteiger partial charge in [0.25, 0.3) is 5.91 Å². The number of halogens is 2. The average Bonchev–Trinajstić information content (AvgIpc) is 3.11. The molecule has 9 heteroatoms. The number of thioether (sulfide) groups is 1. The molecule has 2 amide bonds. The van der Waals surface area contributed by atoms with E-state index in [2.05, 4.69) is 15.6 Å². The van der Waals surface area contributed by atoms with E-state index in [-0.39, 0.29) is 23.6 Å². The number of hydrogen-bond donors (Lipinski definition) is 2. The Bertz CT molecular complexity index is 1050. The first-order chi connectivity index (χ1) is 14.3. The van der Waals surface area contributed by atoms with Crippen molar-refractivity contribution in [1.82, 2.24) is 14.9 Å². The smallest absolute Gasteiger partial charge is 0.251 e. The highest BCUT2D eigenvalue weighted by molar-refractivity contribution is 7.99. The van der Waals surface area contributed by atoms with Gasteiger partial charge in [0.2, 0.25) is 5.91 Å². The van der Waals surface area contributed by atoms with Gasteiger partial charge in [0.1, 0.15) is 0 Å². The fourth-order valence-corrected chi connectivity index (χ4v) is 4.04. The first-order valence-electron chi connectivity index (χ1n) is 9.09. The van der Waals surface area contributed by atoms with E-state index < -0.39 is 0 Å². The Balaban J connectivity index is 1.54. The van der Waals surface area contributed by atoms with E-state index in [0.717, 1.165) is 10.7 Å². The van der Waals surface area contributed by atoms with E-state index >= 15 is 0 Å². The molecule has 2 N–H and O–H groups in total. The van der Waals surface area contributed by atoms with Gasteiger partial charge in [-0.25, -0.2) is 4.98 Å². The molecule has 1 unspecified atom stereocenters. The van der Waals surface area contributed by atoms with Gasteiger partial charge in [-0.15, -0.1) is 0 Å². The number of anilines is 1. The Morgan fingerprint density at radius 1 is 1.17 bits per heavy atom. The number of aryl methyl sites for hydroxylation is 1. The number of hydrogen-bond acceptors (Lipinski definition) is 4. The summed E-state index contributed by atoms with van der Waals surface area (Å²) in [4.78, 5) is 28.8. The summed E-state index contributed by atoms with van der Waals surface area (Å²) in [7, 11) is 1.87. The highest BCUT2D eigenvalue weighted by Crippen LogP contribution is 2.26. The van der Waals surface area contributed by atoms with Gasteiger partial charge in [-0.1, -0.05) is 41.0 Å². The molecular formula is C21H20Cl2N4O2S. The minimum absolute atomic E-state index is 0.147. The first-order valence-corrected chi connectivity index (χ1v) is 10.8. The van der Waals surface area contributed by atoms with Crippen LogP contribution < -0.4 is 10.6 Å². The number of benzene rings is 2. The molecule has 1 atom stereocenters. The lowest BCUT2D eigenvalue weighted by Crippen LogP contribution is -2.26. The Labute approximate surface area is 189 Å². The summed E-state index contributed by atoms with van der Waals surface area (Å²) in [5, 5.41) is 7.53. The molecule has 0 aliphatic carbocycles. The normalized spacial score (nSPS) is 11.7. The zero-order chi connectivity index (χ0) is 21.7. The second-order valence-electron chi connectivity index (χ2n) is 6.60. The third-order valence-electron chi connectivity index (χ3n) is 4.32. The van der Waals surface area contributed by atoms with Crippen LogP contribution in [0.2, 0.25) is 10.0 Å². The summed E-state index contributed by atoms with van der Waals surface area (Å²) in [5.41, 5.74) is 1.88. The summed E-state index contributed by atoms with van der Waals surface area (Å²) in [6, 6.07) is 11.6. The van der Waals surface area contributed by atoms with Crippen molar-refractivity contribution in [2.45, 2.75) is 18.1 Å². The van der Waals surface area contributed by atoms with Crippen LogP contribution in [0, 0.1) is 0 Å². The SMILES string of the molecule is CC(NC(=O)c1ccc(NC(=O)CSc2nccn2C)cc1)c1ccc(Cl)cc1Cl. The highest BCUT2D eigenvalue weighted by atomic mass is 35.5. The predicted molar refractivity (Wildman–Crippen MR) is 121 cm³/mol.